The molecule has 128 valence electrons. The van der Waals surface area contributed by atoms with Crippen molar-refractivity contribution in [3.8, 4) is 0 Å². The molecule has 0 N–H and O–H groups in total. The molecule has 1 aromatic rings. The molecule has 0 aliphatic carbocycles. The molecule has 0 spiro atoms. The highest BCUT2D eigenvalue weighted by atomic mass is 32.1. The molecule has 23 heavy (non-hydrogen) atoms. The number of hydrogen-bond donors (Lipinski definition) is 0. The fourth-order valence-corrected chi connectivity index (χ4v) is 3.67. The summed E-state index contributed by atoms with van der Waals surface area (Å²) >= 11 is 1.73. The van der Waals surface area contributed by atoms with E-state index in [1.54, 1.807) is 25.3 Å². The van der Waals surface area contributed by atoms with Crippen LogP contribution >= 0.6 is 11.3 Å². The Bertz CT molecular complexity index is 538. The number of amides is 1. The number of nitrogens with zero attached hydrogens (tertiary/aromatic N) is 3. The number of esters is 1. The lowest BCUT2D eigenvalue weighted by molar-refractivity contribution is -0.148. The fraction of sp³-hybridized carbons (Fsp3) is 0.688. The molecule has 0 unspecified atom stereocenters. The van der Waals surface area contributed by atoms with E-state index in [1.807, 2.05) is 6.92 Å². The van der Waals surface area contributed by atoms with Crippen molar-refractivity contribution >= 4 is 23.2 Å². The summed E-state index contributed by atoms with van der Waals surface area (Å²) < 4.78 is 4.87. The quantitative estimate of drug-likeness (QED) is 0.738. The van der Waals surface area contributed by atoms with E-state index in [9.17, 15) is 9.59 Å². The average molecular weight is 339 g/mol. The molecule has 0 saturated carbocycles. The minimum atomic E-state index is -0.360. The van der Waals surface area contributed by atoms with E-state index in [0.717, 1.165) is 31.6 Å². The molecular formula is C16H25N3O3S. The second-order valence-electron chi connectivity index (χ2n) is 5.93. The monoisotopic (exact) mass is 339 g/mol. The molecule has 2 rings (SSSR count). The third kappa shape index (κ3) is 5.28. The van der Waals surface area contributed by atoms with Crippen molar-refractivity contribution in [1.29, 1.82) is 0 Å². The van der Waals surface area contributed by atoms with Crippen LogP contribution in [0.5, 0.6) is 0 Å². The van der Waals surface area contributed by atoms with Gasteiger partial charge in [-0.15, -0.1) is 11.3 Å². The van der Waals surface area contributed by atoms with Crippen LogP contribution < -0.4 is 0 Å². The number of thiazole rings is 1. The smallest absolute Gasteiger partial charge is 0.325 e. The lowest BCUT2D eigenvalue weighted by atomic mass is 9.97. The molecule has 2 heterocycles. The molecule has 1 aromatic heterocycles. The maximum atomic E-state index is 12.2. The number of likely N-dealkylation sites (N-methyl/N-ethyl adjacent to an activating group) is 1. The Balaban J connectivity index is 1.75. The second-order valence-corrected chi connectivity index (χ2v) is 6.82. The predicted octanol–water partition coefficient (Wildman–Crippen LogP) is 1.65. The average Bonchev–Trinajstić information content (AvgIpc) is 2.94. The number of carbonyl (C=O) groups excluding carboxylic acids is 2. The zero-order valence-corrected chi connectivity index (χ0v) is 14.9. The normalized spacial score (nSPS) is 16.3. The molecule has 6 nitrogen and oxygen atoms in total. The lowest BCUT2D eigenvalue weighted by Gasteiger charge is -2.31. The van der Waals surface area contributed by atoms with E-state index in [4.69, 9.17) is 4.74 Å². The number of likely N-dealkylation sites (tertiary alicyclic amines) is 1. The Labute approximate surface area is 141 Å². The van der Waals surface area contributed by atoms with Gasteiger partial charge in [0.2, 0.25) is 5.91 Å². The van der Waals surface area contributed by atoms with Crippen molar-refractivity contribution in [2.45, 2.75) is 32.6 Å². The van der Waals surface area contributed by atoms with Crippen LogP contribution in [0.2, 0.25) is 0 Å². The molecule has 1 saturated heterocycles. The van der Waals surface area contributed by atoms with Crippen LogP contribution in [-0.4, -0.2) is 66.5 Å². The van der Waals surface area contributed by atoms with Crippen molar-refractivity contribution < 1.29 is 14.3 Å². The van der Waals surface area contributed by atoms with Crippen molar-refractivity contribution in [3.05, 3.63) is 16.1 Å². The maximum absolute atomic E-state index is 12.2. The standard InChI is InChI=1S/C16H25N3O3S/c1-4-22-15(21)10-18(3)14(20)9-19-7-5-13(6-8-19)16-17-12(2)11-23-16/h11,13H,4-10H2,1-3H3. The molecular weight excluding hydrogens is 314 g/mol. The molecule has 1 aliphatic rings. The molecule has 1 fully saturated rings. The maximum Gasteiger partial charge on any atom is 0.325 e. The molecule has 1 aliphatic heterocycles. The van der Waals surface area contributed by atoms with Crippen LogP contribution in [-0.2, 0) is 14.3 Å². The van der Waals surface area contributed by atoms with E-state index in [2.05, 4.69) is 15.3 Å². The number of hydrogen-bond acceptors (Lipinski definition) is 6. The van der Waals surface area contributed by atoms with Gasteiger partial charge in [-0.25, -0.2) is 4.98 Å². The summed E-state index contributed by atoms with van der Waals surface area (Å²) in [6, 6.07) is 0. The number of rotatable bonds is 6. The summed E-state index contributed by atoms with van der Waals surface area (Å²) in [6.07, 6.45) is 2.06. The molecule has 0 aromatic carbocycles. The van der Waals surface area contributed by atoms with Crippen LogP contribution in [0.1, 0.15) is 36.4 Å². The van der Waals surface area contributed by atoms with Crippen molar-refractivity contribution in [1.82, 2.24) is 14.8 Å². The summed E-state index contributed by atoms with van der Waals surface area (Å²) in [5, 5.41) is 3.31. The van der Waals surface area contributed by atoms with Gasteiger partial charge >= 0.3 is 5.97 Å². The fourth-order valence-electron chi connectivity index (χ4n) is 2.70. The molecule has 0 radical (unpaired) electrons. The zero-order chi connectivity index (χ0) is 16.8. The van der Waals surface area contributed by atoms with E-state index >= 15 is 0 Å². The topological polar surface area (TPSA) is 62.7 Å². The summed E-state index contributed by atoms with van der Waals surface area (Å²) in [5.41, 5.74) is 1.09. The highest BCUT2D eigenvalue weighted by Gasteiger charge is 2.25. The predicted molar refractivity (Wildman–Crippen MR) is 89.5 cm³/mol. The Kier molecular flexibility index (Phi) is 6.53. The Morgan fingerprint density at radius 3 is 2.70 bits per heavy atom. The van der Waals surface area contributed by atoms with Gasteiger partial charge < -0.3 is 9.64 Å². The van der Waals surface area contributed by atoms with Crippen molar-refractivity contribution in [2.24, 2.45) is 0 Å². The van der Waals surface area contributed by atoms with Gasteiger partial charge in [0.1, 0.15) is 6.54 Å². The highest BCUT2D eigenvalue weighted by Crippen LogP contribution is 2.30. The van der Waals surface area contributed by atoms with Crippen LogP contribution in [0, 0.1) is 6.92 Å². The highest BCUT2D eigenvalue weighted by molar-refractivity contribution is 7.09. The SMILES string of the molecule is CCOC(=O)CN(C)C(=O)CN1CCC(c2nc(C)cs2)CC1. The number of aryl methyl sites for hydroxylation is 1. The van der Waals surface area contributed by atoms with Crippen LogP contribution in [0.15, 0.2) is 5.38 Å². The van der Waals surface area contributed by atoms with Gasteiger partial charge in [0, 0.05) is 24.0 Å². The third-order valence-electron chi connectivity index (χ3n) is 4.03. The van der Waals surface area contributed by atoms with Crippen LogP contribution in [0.25, 0.3) is 0 Å². The van der Waals surface area contributed by atoms with Gasteiger partial charge in [-0.3, -0.25) is 14.5 Å². The minimum absolute atomic E-state index is 0.0154. The summed E-state index contributed by atoms with van der Waals surface area (Å²) in [4.78, 5) is 31.8. The van der Waals surface area contributed by atoms with Gasteiger partial charge in [-0.2, -0.15) is 0 Å². The second kappa shape index (κ2) is 8.40. The van der Waals surface area contributed by atoms with E-state index < -0.39 is 0 Å². The summed E-state index contributed by atoms with van der Waals surface area (Å²) in [7, 11) is 1.64. The zero-order valence-electron chi connectivity index (χ0n) is 14.1. The van der Waals surface area contributed by atoms with Gasteiger partial charge in [0.05, 0.1) is 18.2 Å². The molecule has 0 atom stereocenters. The van der Waals surface area contributed by atoms with E-state index in [0.29, 0.717) is 19.1 Å². The van der Waals surface area contributed by atoms with Gasteiger partial charge in [-0.05, 0) is 39.8 Å². The van der Waals surface area contributed by atoms with Crippen LogP contribution in [0.3, 0.4) is 0 Å². The molecule has 1 amide bonds. The Morgan fingerprint density at radius 1 is 1.43 bits per heavy atom. The number of carbonyl (C=O) groups is 2. The number of piperidine rings is 1. The third-order valence-corrected chi connectivity index (χ3v) is 5.15. The summed E-state index contributed by atoms with van der Waals surface area (Å²) in [5.74, 6) is 0.111. The first-order valence-electron chi connectivity index (χ1n) is 8.03. The summed E-state index contributed by atoms with van der Waals surface area (Å²) in [6.45, 7) is 6.28. The lowest BCUT2D eigenvalue weighted by Crippen LogP contribution is -2.43. The first-order chi connectivity index (χ1) is 11.0. The number of aromatic nitrogens is 1. The van der Waals surface area contributed by atoms with Gasteiger partial charge in [-0.1, -0.05) is 0 Å². The van der Waals surface area contributed by atoms with Gasteiger partial charge in [0.25, 0.3) is 0 Å². The van der Waals surface area contributed by atoms with E-state index in [1.165, 1.54) is 9.91 Å². The largest absolute Gasteiger partial charge is 0.465 e. The van der Waals surface area contributed by atoms with Gasteiger partial charge in [0.15, 0.2) is 0 Å². The first kappa shape index (κ1) is 17.9. The van der Waals surface area contributed by atoms with Crippen molar-refractivity contribution in [3.63, 3.8) is 0 Å². The molecule has 7 heteroatoms. The molecule has 0 bridgehead atoms. The van der Waals surface area contributed by atoms with Crippen molar-refractivity contribution in [2.75, 3.05) is 39.8 Å². The van der Waals surface area contributed by atoms with Crippen LogP contribution in [0.4, 0.5) is 0 Å². The number of ether oxygens (including phenoxy) is 1. The first-order valence-corrected chi connectivity index (χ1v) is 8.91. The minimum Gasteiger partial charge on any atom is -0.465 e. The Hall–Kier alpha value is -1.47. The Morgan fingerprint density at radius 2 is 2.13 bits per heavy atom. The van der Waals surface area contributed by atoms with E-state index in [-0.39, 0.29) is 18.4 Å².